The smallest absolute Gasteiger partial charge is 0.330 e. The molecule has 0 spiro atoms. The van der Waals surface area contributed by atoms with E-state index in [1.165, 1.54) is 17.1 Å². The molecule has 0 radical (unpaired) electrons. The van der Waals surface area contributed by atoms with Crippen molar-refractivity contribution < 1.29 is 41.7 Å². The van der Waals surface area contributed by atoms with Crippen LogP contribution in [0.25, 0.3) is 11.2 Å². The molecule has 5 heterocycles. The standard InChI is InChI=1S/C53H66N7O12PSSi/c1-11-26-54-50-56-47-46(49(62)57-50)55-33-60(47)45-28-40(42(69-45)31-66-53(35-16-14-13-15-17-35,36-18-22-38(64-7)23-19-36)37-20-24-39(65-8)25-21-37)71-73(74,67-27-12-2)68-32-43-41(72-75(9,10)52(4,5)6)29-44(70-43)59-30-34(3)48(61)58-51(59)63/h11-25,30,33,40-45H,1-2,26-29,31-32H2,3-10H3,(H,58,61,63)(H2,54,56,57,62)/t40-,41-,42+,43+,44+,45+,73?/m0/s1. The third kappa shape index (κ3) is 12.1. The monoisotopic (exact) mass is 1080 g/mol. The van der Waals surface area contributed by atoms with E-state index in [9.17, 15) is 14.4 Å². The number of rotatable bonds is 23. The highest BCUT2D eigenvalue weighted by molar-refractivity contribution is 8.07. The van der Waals surface area contributed by atoms with Crippen molar-refractivity contribution in [3.63, 3.8) is 0 Å². The van der Waals surface area contributed by atoms with Crippen LogP contribution in [0.5, 0.6) is 11.5 Å². The molecule has 3 N–H and O–H groups in total. The van der Waals surface area contributed by atoms with Gasteiger partial charge in [0.2, 0.25) is 5.95 Å². The molecule has 1 unspecified atom stereocenters. The van der Waals surface area contributed by atoms with Crippen LogP contribution in [0.4, 0.5) is 5.95 Å². The first-order valence-electron chi connectivity index (χ1n) is 24.6. The Labute approximate surface area is 441 Å². The Hall–Kier alpha value is -5.84. The number of nitrogens with zero attached hydrogens (tertiary/aromatic N) is 4. The second-order valence-electron chi connectivity index (χ2n) is 19.8. The number of methoxy groups -OCH3 is 2. The Balaban J connectivity index is 1.17. The van der Waals surface area contributed by atoms with Crippen molar-refractivity contribution in [3.05, 3.63) is 170 Å². The molecule has 0 bridgehead atoms. The number of aryl methyl sites for hydroxylation is 1. The zero-order chi connectivity index (χ0) is 53.7. The van der Waals surface area contributed by atoms with E-state index in [0.29, 0.717) is 23.6 Å². The molecule has 19 nitrogen and oxygen atoms in total. The minimum atomic E-state index is -3.79. The van der Waals surface area contributed by atoms with Crippen molar-refractivity contribution in [3.8, 4) is 11.5 Å². The van der Waals surface area contributed by atoms with Crippen LogP contribution >= 0.6 is 6.72 Å². The molecule has 22 heteroatoms. The zero-order valence-electron chi connectivity index (χ0n) is 43.5. The third-order valence-corrected chi connectivity index (χ3v) is 20.7. The summed E-state index contributed by atoms with van der Waals surface area (Å²) in [6.07, 6.45) is 1.98. The molecule has 0 amide bonds. The van der Waals surface area contributed by atoms with Gasteiger partial charge in [-0.2, -0.15) is 4.98 Å². The number of fused-ring (bicyclic) bond motifs is 1. The first-order valence-corrected chi connectivity index (χ1v) is 30.1. The molecule has 7 atom stereocenters. The van der Waals surface area contributed by atoms with E-state index in [1.54, 1.807) is 37.9 Å². The Kier molecular flexibility index (Phi) is 17.1. The van der Waals surface area contributed by atoms with E-state index >= 15 is 0 Å². The summed E-state index contributed by atoms with van der Waals surface area (Å²) in [5, 5.41) is 2.88. The number of H-pyrrole nitrogens is 2. The second-order valence-corrected chi connectivity index (χ2v) is 27.5. The lowest BCUT2D eigenvalue weighted by Gasteiger charge is -2.39. The summed E-state index contributed by atoms with van der Waals surface area (Å²) in [6.45, 7) is 16.3. The summed E-state index contributed by atoms with van der Waals surface area (Å²) in [6, 6.07) is 25.2. The summed E-state index contributed by atoms with van der Waals surface area (Å²) in [4.78, 5) is 53.2. The van der Waals surface area contributed by atoms with Gasteiger partial charge in [0.1, 0.15) is 41.8 Å². The van der Waals surface area contributed by atoms with Gasteiger partial charge in [-0.1, -0.05) is 87.5 Å². The minimum absolute atomic E-state index is 0.0229. The fraction of sp³-hybridized carbons (Fsp3) is 0.415. The quantitative estimate of drug-likeness (QED) is 0.0238. The van der Waals surface area contributed by atoms with Gasteiger partial charge >= 0.3 is 12.4 Å². The predicted molar refractivity (Wildman–Crippen MR) is 292 cm³/mol. The molecule has 2 aliphatic rings. The highest BCUT2D eigenvalue weighted by atomic mass is 32.5. The number of benzene rings is 3. The van der Waals surface area contributed by atoms with E-state index < -0.39 is 74.3 Å². The fourth-order valence-corrected chi connectivity index (χ4v) is 12.3. The third-order valence-electron chi connectivity index (χ3n) is 13.9. The molecule has 400 valence electrons. The number of aromatic nitrogens is 6. The molecule has 75 heavy (non-hydrogen) atoms. The lowest BCUT2D eigenvalue weighted by Crippen LogP contribution is -2.46. The number of imidazole rings is 1. The molecular formula is C53H66N7O12PSSi. The molecule has 0 aliphatic carbocycles. The van der Waals surface area contributed by atoms with Crippen molar-refractivity contribution in [2.24, 2.45) is 0 Å². The van der Waals surface area contributed by atoms with Gasteiger partial charge in [0.25, 0.3) is 11.1 Å². The van der Waals surface area contributed by atoms with Crippen molar-refractivity contribution in [1.29, 1.82) is 0 Å². The Bertz CT molecular complexity index is 3130. The number of aromatic amines is 2. The van der Waals surface area contributed by atoms with Crippen LogP contribution in [0.2, 0.25) is 18.1 Å². The second kappa shape index (κ2) is 23.2. The molecule has 3 aromatic carbocycles. The highest BCUT2D eigenvalue weighted by Crippen LogP contribution is 2.55. The van der Waals surface area contributed by atoms with Gasteiger partial charge in [0, 0.05) is 31.1 Å². The summed E-state index contributed by atoms with van der Waals surface area (Å²) >= 11 is 6.30. The number of ether oxygens (including phenoxy) is 5. The molecule has 2 fully saturated rings. The van der Waals surface area contributed by atoms with Gasteiger partial charge in [-0.05, 0) is 77.8 Å². The average Bonchev–Trinajstić information content (AvgIpc) is 4.13. The molecule has 3 aromatic heterocycles. The molecule has 6 aromatic rings. The number of anilines is 1. The van der Waals surface area contributed by atoms with E-state index in [4.69, 9.17) is 58.5 Å². The normalized spacial score (nSPS) is 21.0. The van der Waals surface area contributed by atoms with Crippen molar-refractivity contribution in [2.45, 2.75) is 101 Å². The topological polar surface area (TPSA) is 214 Å². The maximum absolute atomic E-state index is 13.3. The summed E-state index contributed by atoms with van der Waals surface area (Å²) in [5.41, 5.74) is 0.345. The first-order chi connectivity index (χ1) is 35.8. The van der Waals surface area contributed by atoms with E-state index in [0.717, 1.165) is 16.7 Å². The van der Waals surface area contributed by atoms with Gasteiger partial charge in [0.15, 0.2) is 19.5 Å². The molecule has 2 saturated heterocycles. The maximum Gasteiger partial charge on any atom is 0.330 e. The van der Waals surface area contributed by atoms with Crippen LogP contribution in [-0.4, -0.2) is 102 Å². The van der Waals surface area contributed by atoms with Crippen LogP contribution in [0, 0.1) is 6.92 Å². The van der Waals surface area contributed by atoms with Gasteiger partial charge < -0.3 is 47.0 Å². The van der Waals surface area contributed by atoms with Crippen molar-refractivity contribution >= 4 is 44.0 Å². The largest absolute Gasteiger partial charge is 0.497 e. The minimum Gasteiger partial charge on any atom is -0.497 e. The van der Waals surface area contributed by atoms with E-state index in [2.05, 4.69) is 67.3 Å². The van der Waals surface area contributed by atoms with Crippen LogP contribution in [0.1, 0.15) is 68.3 Å². The van der Waals surface area contributed by atoms with Gasteiger partial charge in [-0.25, -0.2) is 9.78 Å². The van der Waals surface area contributed by atoms with Crippen LogP contribution < -0.4 is 31.6 Å². The number of nitrogens with one attached hydrogen (secondary N) is 3. The van der Waals surface area contributed by atoms with Crippen LogP contribution in [-0.2, 0) is 49.6 Å². The van der Waals surface area contributed by atoms with Crippen LogP contribution in [0.3, 0.4) is 0 Å². The Morgan fingerprint density at radius 3 is 2.01 bits per heavy atom. The molecule has 2 aliphatic heterocycles. The van der Waals surface area contributed by atoms with Crippen LogP contribution in [0.15, 0.2) is 131 Å². The van der Waals surface area contributed by atoms with E-state index in [-0.39, 0.29) is 54.8 Å². The van der Waals surface area contributed by atoms with Crippen molar-refractivity contribution in [1.82, 2.24) is 29.1 Å². The maximum atomic E-state index is 13.3. The van der Waals surface area contributed by atoms with Crippen molar-refractivity contribution in [2.75, 3.05) is 45.9 Å². The number of hydrogen-bond donors (Lipinski definition) is 3. The summed E-state index contributed by atoms with van der Waals surface area (Å²) in [7, 11) is 0.782. The Morgan fingerprint density at radius 2 is 1.41 bits per heavy atom. The lowest BCUT2D eigenvalue weighted by molar-refractivity contribution is -0.0927. The number of hydrogen-bond acceptors (Lipinski definition) is 16. The summed E-state index contributed by atoms with van der Waals surface area (Å²) < 4.78 is 62.1. The molecule has 8 rings (SSSR count). The van der Waals surface area contributed by atoms with E-state index in [1.807, 2.05) is 78.9 Å². The molecular weight excluding hydrogens is 1020 g/mol. The highest BCUT2D eigenvalue weighted by Gasteiger charge is 2.48. The molecule has 0 saturated carbocycles. The summed E-state index contributed by atoms with van der Waals surface area (Å²) in [5.74, 6) is 1.55. The Morgan fingerprint density at radius 1 is 0.813 bits per heavy atom. The van der Waals surface area contributed by atoms with Gasteiger partial charge in [-0.15, -0.1) is 13.2 Å². The fourth-order valence-electron chi connectivity index (χ4n) is 8.88. The average molecular weight is 1080 g/mol. The SMILES string of the molecule is C=CCNc1nc2c(ncn2[C@H]2C[C@H](OP(=S)(OCC=C)OC[C@H]3O[C@@H](n4cc(C)c(=O)[nH]c4=O)C[C@@H]3O[Si](C)(C)C(C)(C)C)[C@@H](COC(c3ccccc3)(c3ccc(OC)cc3)c3ccc(OC)cc3)O2)c(=O)[nH]1. The lowest BCUT2D eigenvalue weighted by atomic mass is 9.80. The predicted octanol–water partition coefficient (Wildman–Crippen LogP) is 8.40. The first kappa shape index (κ1) is 55.4. The van der Waals surface area contributed by atoms with Gasteiger partial charge in [0.05, 0.1) is 52.6 Å². The van der Waals surface area contributed by atoms with Gasteiger partial charge in [-0.3, -0.25) is 28.7 Å². The zero-order valence-corrected chi connectivity index (χ0v) is 46.2.